The number of hydrogen-bond acceptors (Lipinski definition) is 5. The molecule has 0 aliphatic heterocycles. The number of hydrogen-bond donors (Lipinski definition) is 0. The number of methoxy groups -OCH3 is 1. The number of esters is 2. The molecule has 0 atom stereocenters. The molecule has 0 amide bonds. The maximum atomic E-state index is 12.6. The Morgan fingerprint density at radius 1 is 0.647 bits per heavy atom. The molecule has 0 fully saturated rings. The van der Waals surface area contributed by atoms with Crippen molar-refractivity contribution in [2.24, 2.45) is 0 Å². The molecule has 0 aliphatic carbocycles. The number of benzene rings is 3. The number of fused-ring (bicyclic) bond motifs is 1. The van der Waals surface area contributed by atoms with Gasteiger partial charge >= 0.3 is 11.9 Å². The van der Waals surface area contributed by atoms with E-state index in [0.717, 1.165) is 29.5 Å². The van der Waals surface area contributed by atoms with Crippen LogP contribution in [0.4, 0.5) is 0 Å². The van der Waals surface area contributed by atoms with E-state index in [4.69, 9.17) is 9.47 Å². The molecule has 0 unspecified atom stereocenters. The molecule has 180 valence electrons. The zero-order valence-corrected chi connectivity index (χ0v) is 20.2. The van der Waals surface area contributed by atoms with E-state index in [-0.39, 0.29) is 0 Å². The monoisotopic (exact) mass is 462 g/mol. The Morgan fingerprint density at radius 2 is 1.24 bits per heavy atom. The molecule has 0 heterocycles. The molecule has 0 saturated heterocycles. The summed E-state index contributed by atoms with van der Waals surface area (Å²) >= 11 is 0. The molecule has 0 spiro atoms. The minimum absolute atomic E-state index is 0.363. The van der Waals surface area contributed by atoms with Crippen molar-refractivity contribution < 1.29 is 23.8 Å². The predicted molar refractivity (Wildman–Crippen MR) is 135 cm³/mol. The van der Waals surface area contributed by atoms with E-state index in [9.17, 15) is 9.59 Å². The van der Waals surface area contributed by atoms with Gasteiger partial charge in [0.1, 0.15) is 11.5 Å². The summed E-state index contributed by atoms with van der Waals surface area (Å²) < 4.78 is 16.0. The van der Waals surface area contributed by atoms with Gasteiger partial charge in [0.2, 0.25) is 0 Å². The minimum Gasteiger partial charge on any atom is -0.494 e. The summed E-state index contributed by atoms with van der Waals surface area (Å²) in [7, 11) is 1.32. The molecule has 34 heavy (non-hydrogen) atoms. The highest BCUT2D eigenvalue weighted by atomic mass is 16.5. The SMILES string of the molecule is CCCCCCCCCCOc1ccc2cc(C(=O)Oc3ccc(C(=O)OC)cc3)ccc2c1. The molecular weight excluding hydrogens is 428 g/mol. The van der Waals surface area contributed by atoms with Gasteiger partial charge in [0.05, 0.1) is 24.8 Å². The summed E-state index contributed by atoms with van der Waals surface area (Å²) in [5, 5.41) is 1.95. The van der Waals surface area contributed by atoms with Gasteiger partial charge in [-0.1, -0.05) is 64.0 Å². The van der Waals surface area contributed by atoms with Crippen LogP contribution < -0.4 is 9.47 Å². The van der Waals surface area contributed by atoms with Crippen LogP contribution in [0, 0.1) is 0 Å². The molecule has 0 radical (unpaired) electrons. The van der Waals surface area contributed by atoms with Crippen LogP contribution in [0.25, 0.3) is 10.8 Å². The maximum Gasteiger partial charge on any atom is 0.343 e. The van der Waals surface area contributed by atoms with Crippen LogP contribution >= 0.6 is 0 Å². The Morgan fingerprint density at radius 3 is 1.94 bits per heavy atom. The molecule has 5 heteroatoms. The van der Waals surface area contributed by atoms with Gasteiger partial charge < -0.3 is 14.2 Å². The number of ether oxygens (including phenoxy) is 3. The van der Waals surface area contributed by atoms with Crippen molar-refractivity contribution in [3.63, 3.8) is 0 Å². The highest BCUT2D eigenvalue weighted by Crippen LogP contribution is 2.23. The Bertz CT molecular complexity index is 1070. The summed E-state index contributed by atoms with van der Waals surface area (Å²) in [6.07, 6.45) is 10.2. The topological polar surface area (TPSA) is 61.8 Å². The average molecular weight is 463 g/mol. The smallest absolute Gasteiger partial charge is 0.343 e. The zero-order valence-electron chi connectivity index (χ0n) is 20.2. The van der Waals surface area contributed by atoms with Crippen LogP contribution in [0.1, 0.15) is 79.0 Å². The normalized spacial score (nSPS) is 10.8. The highest BCUT2D eigenvalue weighted by molar-refractivity contribution is 5.97. The average Bonchev–Trinajstić information content (AvgIpc) is 2.87. The second-order valence-electron chi connectivity index (χ2n) is 8.45. The van der Waals surface area contributed by atoms with E-state index in [0.29, 0.717) is 16.9 Å². The molecule has 0 bridgehead atoms. The quantitative estimate of drug-likeness (QED) is 0.151. The zero-order chi connectivity index (χ0) is 24.2. The van der Waals surface area contributed by atoms with Gasteiger partial charge in [0, 0.05) is 0 Å². The molecule has 0 aliphatic rings. The Hall–Kier alpha value is -3.34. The third-order valence-corrected chi connectivity index (χ3v) is 5.80. The van der Waals surface area contributed by atoms with E-state index in [2.05, 4.69) is 11.7 Å². The van der Waals surface area contributed by atoms with Crippen molar-refractivity contribution >= 4 is 22.7 Å². The van der Waals surface area contributed by atoms with Crippen LogP contribution in [-0.4, -0.2) is 25.7 Å². The van der Waals surface area contributed by atoms with Crippen molar-refractivity contribution in [1.29, 1.82) is 0 Å². The second kappa shape index (κ2) is 13.4. The lowest BCUT2D eigenvalue weighted by Gasteiger charge is -2.09. The van der Waals surface area contributed by atoms with Crippen molar-refractivity contribution in [3.05, 3.63) is 71.8 Å². The molecule has 0 saturated carbocycles. The fourth-order valence-electron chi connectivity index (χ4n) is 3.81. The Labute approximate surface area is 202 Å². The summed E-state index contributed by atoms with van der Waals surface area (Å²) in [6.45, 7) is 2.97. The van der Waals surface area contributed by atoms with Crippen molar-refractivity contribution in [2.45, 2.75) is 58.3 Å². The van der Waals surface area contributed by atoms with Gasteiger partial charge in [-0.25, -0.2) is 9.59 Å². The predicted octanol–water partition coefficient (Wildman–Crippen LogP) is 7.37. The fraction of sp³-hybridized carbons (Fsp3) is 0.379. The standard InChI is InChI=1S/C29H34O5/c1-3-4-5-6-7-8-9-10-19-33-27-18-15-23-20-25(12-11-24(23)21-27)29(31)34-26-16-13-22(14-17-26)28(30)32-2/h11-18,20-21H,3-10,19H2,1-2H3. The van der Waals surface area contributed by atoms with Crippen molar-refractivity contribution in [1.82, 2.24) is 0 Å². The number of carbonyl (C=O) groups is 2. The first kappa shape index (κ1) is 25.3. The number of unbranched alkanes of at least 4 members (excludes halogenated alkanes) is 7. The van der Waals surface area contributed by atoms with Gasteiger partial charge in [-0.2, -0.15) is 0 Å². The van der Waals surface area contributed by atoms with Crippen LogP contribution in [0.3, 0.4) is 0 Å². The minimum atomic E-state index is -0.456. The molecule has 3 aromatic rings. The first-order chi connectivity index (χ1) is 16.6. The third-order valence-electron chi connectivity index (χ3n) is 5.80. The molecule has 3 rings (SSSR count). The van der Waals surface area contributed by atoms with E-state index < -0.39 is 11.9 Å². The Balaban J connectivity index is 1.48. The van der Waals surface area contributed by atoms with Gasteiger partial charge in [-0.3, -0.25) is 0 Å². The summed E-state index contributed by atoms with van der Waals surface area (Å²) in [6, 6.07) is 17.6. The van der Waals surface area contributed by atoms with Crippen molar-refractivity contribution in [3.8, 4) is 11.5 Å². The molecule has 0 aromatic heterocycles. The van der Waals surface area contributed by atoms with Crippen LogP contribution in [-0.2, 0) is 4.74 Å². The fourth-order valence-corrected chi connectivity index (χ4v) is 3.81. The third kappa shape index (κ3) is 7.62. The lowest BCUT2D eigenvalue weighted by atomic mass is 10.1. The first-order valence-corrected chi connectivity index (χ1v) is 12.2. The Kier molecular flexibility index (Phi) is 9.96. The summed E-state index contributed by atoms with van der Waals surface area (Å²) in [4.78, 5) is 24.1. The maximum absolute atomic E-state index is 12.6. The number of rotatable bonds is 13. The van der Waals surface area contributed by atoms with E-state index in [1.54, 1.807) is 30.3 Å². The summed E-state index contributed by atoms with van der Waals surface area (Å²) in [5.41, 5.74) is 0.852. The molecular formula is C29H34O5. The van der Waals surface area contributed by atoms with Gasteiger partial charge in [-0.15, -0.1) is 0 Å². The largest absolute Gasteiger partial charge is 0.494 e. The lowest BCUT2D eigenvalue weighted by molar-refractivity contribution is 0.0600. The number of carbonyl (C=O) groups excluding carboxylic acids is 2. The molecule has 5 nitrogen and oxygen atoms in total. The van der Waals surface area contributed by atoms with Gasteiger partial charge in [-0.05, 0) is 65.7 Å². The van der Waals surface area contributed by atoms with Gasteiger partial charge in [0.25, 0.3) is 0 Å². The molecule has 3 aromatic carbocycles. The highest BCUT2D eigenvalue weighted by Gasteiger charge is 2.11. The van der Waals surface area contributed by atoms with E-state index in [1.807, 2.05) is 30.3 Å². The van der Waals surface area contributed by atoms with Crippen LogP contribution in [0.5, 0.6) is 11.5 Å². The summed E-state index contributed by atoms with van der Waals surface area (Å²) in [5.74, 6) is 0.315. The molecule has 0 N–H and O–H groups in total. The first-order valence-electron chi connectivity index (χ1n) is 12.2. The van der Waals surface area contributed by atoms with Crippen molar-refractivity contribution in [2.75, 3.05) is 13.7 Å². The van der Waals surface area contributed by atoms with Crippen LogP contribution in [0.2, 0.25) is 0 Å². The lowest BCUT2D eigenvalue weighted by Crippen LogP contribution is -2.08. The van der Waals surface area contributed by atoms with E-state index >= 15 is 0 Å². The van der Waals surface area contributed by atoms with E-state index in [1.165, 1.54) is 52.1 Å². The van der Waals surface area contributed by atoms with Gasteiger partial charge in [0.15, 0.2) is 0 Å². The second-order valence-corrected chi connectivity index (χ2v) is 8.45. The van der Waals surface area contributed by atoms with Crippen LogP contribution in [0.15, 0.2) is 60.7 Å².